The summed E-state index contributed by atoms with van der Waals surface area (Å²) in [5.41, 5.74) is 1.91. The van der Waals surface area contributed by atoms with Gasteiger partial charge in [-0.1, -0.05) is 0 Å². The lowest BCUT2D eigenvalue weighted by atomic mass is 10.3. The molecule has 138 valence electrons. The zero-order valence-electron chi connectivity index (χ0n) is 15.4. The monoisotopic (exact) mass is 356 g/mol. The predicted molar refractivity (Wildman–Crippen MR) is 98.0 cm³/mol. The van der Waals surface area contributed by atoms with Gasteiger partial charge in [0.15, 0.2) is 0 Å². The van der Waals surface area contributed by atoms with Crippen molar-refractivity contribution in [2.75, 3.05) is 18.0 Å². The molecule has 0 saturated carbocycles. The summed E-state index contributed by atoms with van der Waals surface area (Å²) in [6.07, 6.45) is 3.75. The predicted octanol–water partition coefficient (Wildman–Crippen LogP) is 0.875. The molecule has 0 aromatic carbocycles. The topological polar surface area (TPSA) is 93.0 Å². The molecule has 1 N–H and O–H groups in total. The highest BCUT2D eigenvalue weighted by Crippen LogP contribution is 2.18. The van der Waals surface area contributed by atoms with Crippen molar-refractivity contribution in [3.8, 4) is 0 Å². The number of amides is 1. The van der Waals surface area contributed by atoms with E-state index in [4.69, 9.17) is 0 Å². The third-order valence-electron chi connectivity index (χ3n) is 4.59. The van der Waals surface area contributed by atoms with Crippen LogP contribution in [-0.2, 0) is 17.9 Å². The van der Waals surface area contributed by atoms with E-state index in [2.05, 4.69) is 25.2 Å². The van der Waals surface area contributed by atoms with E-state index in [1.807, 2.05) is 13.0 Å². The summed E-state index contributed by atoms with van der Waals surface area (Å²) in [4.78, 5) is 39.7. The molecule has 0 atom stereocenters. The number of aromatic nitrogens is 4. The van der Waals surface area contributed by atoms with Crippen LogP contribution in [0.25, 0.3) is 0 Å². The first-order valence-electron chi connectivity index (χ1n) is 8.83. The Labute approximate surface area is 152 Å². The zero-order chi connectivity index (χ0) is 18.7. The van der Waals surface area contributed by atoms with Crippen LogP contribution in [0.4, 0.5) is 5.82 Å². The highest BCUT2D eigenvalue weighted by atomic mass is 16.2. The first-order chi connectivity index (χ1) is 12.4. The maximum absolute atomic E-state index is 12.2. The Morgan fingerprint density at radius 2 is 1.92 bits per heavy atom. The fraction of sp³-hybridized carbons (Fsp3) is 0.500. The van der Waals surface area contributed by atoms with Gasteiger partial charge < -0.3 is 10.2 Å². The molecule has 3 heterocycles. The van der Waals surface area contributed by atoms with Gasteiger partial charge in [0.25, 0.3) is 5.56 Å². The highest BCUT2D eigenvalue weighted by Gasteiger charge is 2.15. The minimum atomic E-state index is -0.273. The molecular weight excluding hydrogens is 332 g/mol. The quantitative estimate of drug-likeness (QED) is 0.855. The molecule has 2 aromatic rings. The van der Waals surface area contributed by atoms with Crippen LogP contribution >= 0.6 is 0 Å². The minimum absolute atomic E-state index is 0.0717. The van der Waals surface area contributed by atoms with Crippen molar-refractivity contribution in [1.29, 1.82) is 0 Å². The number of rotatable bonds is 5. The Balaban J connectivity index is 1.64. The average molecular weight is 356 g/mol. The van der Waals surface area contributed by atoms with E-state index < -0.39 is 0 Å². The van der Waals surface area contributed by atoms with E-state index in [0.29, 0.717) is 17.1 Å². The van der Waals surface area contributed by atoms with Crippen LogP contribution in [0.15, 0.2) is 17.2 Å². The first kappa shape index (κ1) is 18.0. The van der Waals surface area contributed by atoms with Crippen molar-refractivity contribution in [3.63, 3.8) is 0 Å². The van der Waals surface area contributed by atoms with Crippen molar-refractivity contribution >= 4 is 11.7 Å². The van der Waals surface area contributed by atoms with Gasteiger partial charge in [-0.2, -0.15) is 0 Å². The SMILES string of the molecule is Cc1cc(N2CCCC2)nc(CNC(=O)Cn2cnc(C)c(C)c2=O)n1. The molecule has 0 unspecified atom stereocenters. The number of aryl methyl sites for hydroxylation is 2. The molecule has 26 heavy (non-hydrogen) atoms. The number of carbonyl (C=O) groups is 1. The van der Waals surface area contributed by atoms with Crippen molar-refractivity contribution in [1.82, 2.24) is 24.8 Å². The first-order valence-corrected chi connectivity index (χ1v) is 8.83. The van der Waals surface area contributed by atoms with Gasteiger partial charge in [0, 0.05) is 36.1 Å². The second-order valence-corrected chi connectivity index (χ2v) is 6.64. The third-order valence-corrected chi connectivity index (χ3v) is 4.59. The van der Waals surface area contributed by atoms with E-state index in [9.17, 15) is 9.59 Å². The molecule has 1 saturated heterocycles. The van der Waals surface area contributed by atoms with Gasteiger partial charge in [0.05, 0.1) is 12.9 Å². The summed E-state index contributed by atoms with van der Waals surface area (Å²) in [7, 11) is 0. The van der Waals surface area contributed by atoms with Crippen LogP contribution in [0.3, 0.4) is 0 Å². The normalized spacial score (nSPS) is 13.9. The van der Waals surface area contributed by atoms with Crippen LogP contribution in [0.2, 0.25) is 0 Å². The van der Waals surface area contributed by atoms with Gasteiger partial charge >= 0.3 is 0 Å². The molecule has 0 bridgehead atoms. The van der Waals surface area contributed by atoms with E-state index in [1.165, 1.54) is 23.7 Å². The molecule has 1 aliphatic rings. The maximum Gasteiger partial charge on any atom is 0.256 e. The molecule has 1 fully saturated rings. The zero-order valence-corrected chi connectivity index (χ0v) is 15.4. The Morgan fingerprint density at radius 3 is 2.65 bits per heavy atom. The molecule has 0 aliphatic carbocycles. The second-order valence-electron chi connectivity index (χ2n) is 6.64. The van der Waals surface area contributed by atoms with Gasteiger partial charge in [-0.15, -0.1) is 0 Å². The van der Waals surface area contributed by atoms with Gasteiger partial charge in [-0.25, -0.2) is 15.0 Å². The minimum Gasteiger partial charge on any atom is -0.357 e. The maximum atomic E-state index is 12.2. The lowest BCUT2D eigenvalue weighted by Gasteiger charge is -2.17. The lowest BCUT2D eigenvalue weighted by Crippen LogP contribution is -2.33. The summed E-state index contributed by atoms with van der Waals surface area (Å²) >= 11 is 0. The second kappa shape index (κ2) is 7.63. The fourth-order valence-electron chi connectivity index (χ4n) is 2.98. The van der Waals surface area contributed by atoms with Gasteiger partial charge in [-0.3, -0.25) is 14.2 Å². The number of carbonyl (C=O) groups excluding carboxylic acids is 1. The number of nitrogens with one attached hydrogen (secondary N) is 1. The summed E-state index contributed by atoms with van der Waals surface area (Å²) < 4.78 is 1.31. The van der Waals surface area contributed by atoms with Crippen LogP contribution in [0.1, 0.15) is 35.6 Å². The Kier molecular flexibility index (Phi) is 5.29. The van der Waals surface area contributed by atoms with Crippen LogP contribution < -0.4 is 15.8 Å². The summed E-state index contributed by atoms with van der Waals surface area (Å²) in [6.45, 7) is 7.57. The van der Waals surface area contributed by atoms with E-state index in [0.717, 1.165) is 24.6 Å². The number of hydrogen-bond acceptors (Lipinski definition) is 6. The Morgan fingerprint density at radius 1 is 1.19 bits per heavy atom. The third kappa shape index (κ3) is 4.07. The largest absolute Gasteiger partial charge is 0.357 e. The molecule has 8 nitrogen and oxygen atoms in total. The molecule has 2 aromatic heterocycles. The molecule has 0 radical (unpaired) electrons. The van der Waals surface area contributed by atoms with Crippen LogP contribution in [0, 0.1) is 20.8 Å². The molecule has 3 rings (SSSR count). The standard InChI is InChI=1S/C18H24N6O2/c1-12-8-16(23-6-4-5-7-23)22-15(21-12)9-19-17(25)10-24-11-20-14(3)13(2)18(24)26/h8,11H,4-7,9-10H2,1-3H3,(H,19,25). The van der Waals surface area contributed by atoms with E-state index >= 15 is 0 Å². The van der Waals surface area contributed by atoms with Crippen LogP contribution in [0.5, 0.6) is 0 Å². The molecule has 1 amide bonds. The smallest absolute Gasteiger partial charge is 0.256 e. The molecule has 0 spiro atoms. The summed E-state index contributed by atoms with van der Waals surface area (Å²) in [5, 5.41) is 2.78. The average Bonchev–Trinajstić information content (AvgIpc) is 3.15. The van der Waals surface area contributed by atoms with E-state index in [-0.39, 0.29) is 24.6 Å². The summed E-state index contributed by atoms with van der Waals surface area (Å²) in [5.74, 6) is 1.21. The van der Waals surface area contributed by atoms with Gasteiger partial charge in [0.1, 0.15) is 18.2 Å². The molecule has 1 aliphatic heterocycles. The Bertz CT molecular complexity index is 870. The lowest BCUT2D eigenvalue weighted by molar-refractivity contribution is -0.121. The Hall–Kier alpha value is -2.77. The number of nitrogens with zero attached hydrogens (tertiary/aromatic N) is 5. The van der Waals surface area contributed by atoms with Crippen molar-refractivity contribution in [3.05, 3.63) is 45.5 Å². The molecular formula is C18H24N6O2. The molecule has 8 heteroatoms. The number of anilines is 1. The number of hydrogen-bond donors (Lipinski definition) is 1. The van der Waals surface area contributed by atoms with Gasteiger partial charge in [-0.05, 0) is 33.6 Å². The summed E-state index contributed by atoms with van der Waals surface area (Å²) in [6, 6.07) is 1.97. The van der Waals surface area contributed by atoms with Crippen molar-refractivity contribution in [2.24, 2.45) is 0 Å². The fourth-order valence-corrected chi connectivity index (χ4v) is 2.98. The van der Waals surface area contributed by atoms with Crippen LogP contribution in [-0.4, -0.2) is 38.5 Å². The van der Waals surface area contributed by atoms with E-state index in [1.54, 1.807) is 13.8 Å². The van der Waals surface area contributed by atoms with Crippen molar-refractivity contribution < 1.29 is 4.79 Å². The van der Waals surface area contributed by atoms with Gasteiger partial charge in [0.2, 0.25) is 5.91 Å². The highest BCUT2D eigenvalue weighted by molar-refractivity contribution is 5.75. The van der Waals surface area contributed by atoms with Crippen molar-refractivity contribution in [2.45, 2.75) is 46.7 Å².